The van der Waals surface area contributed by atoms with Crippen LogP contribution in [0.2, 0.25) is 10.0 Å². The summed E-state index contributed by atoms with van der Waals surface area (Å²) in [7, 11) is 0. The molecule has 0 fully saturated rings. The molecule has 2 aromatic rings. The lowest BCUT2D eigenvalue weighted by Gasteiger charge is -2.39. The second-order valence-electron chi connectivity index (χ2n) is 6.41. The van der Waals surface area contributed by atoms with Crippen molar-refractivity contribution in [1.82, 2.24) is 0 Å². The van der Waals surface area contributed by atoms with E-state index in [4.69, 9.17) is 23.2 Å². The molecule has 1 N–H and O–H groups in total. The molecular weight excluding hydrogens is 370 g/mol. The van der Waals surface area contributed by atoms with E-state index < -0.39 is 17.8 Å². The minimum absolute atomic E-state index is 0.0188. The number of nitrogens with one attached hydrogen (secondary N) is 1. The molecule has 130 valence electrons. The highest BCUT2D eigenvalue weighted by Gasteiger charge is 2.43. The molecule has 3 atom stereocenters. The first-order valence-corrected chi connectivity index (χ1v) is 8.70. The lowest BCUT2D eigenvalue weighted by Crippen LogP contribution is -2.31. The predicted octanol–water partition coefficient (Wildman–Crippen LogP) is 6.84. The maximum atomic E-state index is 13.5. The van der Waals surface area contributed by atoms with Gasteiger partial charge in [-0.1, -0.05) is 53.6 Å². The summed E-state index contributed by atoms with van der Waals surface area (Å²) >= 11 is 12.5. The van der Waals surface area contributed by atoms with Crippen LogP contribution in [-0.4, -0.2) is 0 Å². The van der Waals surface area contributed by atoms with Gasteiger partial charge in [0.2, 0.25) is 0 Å². The van der Waals surface area contributed by atoms with Gasteiger partial charge in [0.15, 0.2) is 0 Å². The third-order valence-corrected chi connectivity index (χ3v) is 5.51. The molecule has 0 amide bonds. The fraction of sp³-hybridized carbons (Fsp3) is 0.263. The van der Waals surface area contributed by atoms with Crippen LogP contribution in [0.5, 0.6) is 0 Å². The zero-order valence-corrected chi connectivity index (χ0v) is 14.5. The van der Waals surface area contributed by atoms with E-state index >= 15 is 0 Å². The van der Waals surface area contributed by atoms with Crippen molar-refractivity contribution in [3.8, 4) is 0 Å². The van der Waals surface area contributed by atoms with Crippen molar-refractivity contribution in [3.63, 3.8) is 0 Å². The number of allylic oxidation sites excluding steroid dienone is 2. The van der Waals surface area contributed by atoms with Gasteiger partial charge in [-0.2, -0.15) is 13.2 Å². The summed E-state index contributed by atoms with van der Waals surface area (Å²) in [5.74, 6) is -0.0398. The van der Waals surface area contributed by atoms with Crippen molar-refractivity contribution in [1.29, 1.82) is 0 Å². The van der Waals surface area contributed by atoms with E-state index in [9.17, 15) is 13.2 Å². The van der Waals surface area contributed by atoms with Crippen LogP contribution in [-0.2, 0) is 6.18 Å². The minimum Gasteiger partial charge on any atom is -0.378 e. The molecule has 0 aromatic heterocycles. The van der Waals surface area contributed by atoms with Crippen LogP contribution >= 0.6 is 23.2 Å². The van der Waals surface area contributed by atoms with Crippen molar-refractivity contribution in [2.75, 3.05) is 5.32 Å². The number of alkyl halides is 3. The van der Waals surface area contributed by atoms with Gasteiger partial charge in [0.25, 0.3) is 0 Å². The van der Waals surface area contributed by atoms with Gasteiger partial charge < -0.3 is 5.32 Å². The van der Waals surface area contributed by atoms with Crippen LogP contribution in [0.1, 0.15) is 35.1 Å². The molecule has 2 aliphatic rings. The summed E-state index contributed by atoms with van der Waals surface area (Å²) in [6.07, 6.45) is 0.354. The lowest BCUT2D eigenvalue weighted by atomic mass is 9.76. The molecule has 1 aliphatic carbocycles. The van der Waals surface area contributed by atoms with Crippen LogP contribution in [0.3, 0.4) is 0 Å². The summed E-state index contributed by atoms with van der Waals surface area (Å²) in [5.41, 5.74) is 1.27. The zero-order valence-electron chi connectivity index (χ0n) is 12.9. The molecule has 25 heavy (non-hydrogen) atoms. The molecule has 0 spiro atoms. The number of rotatable bonds is 1. The average Bonchev–Trinajstić information content (AvgIpc) is 3.02. The second kappa shape index (κ2) is 5.96. The Balaban J connectivity index is 1.86. The molecule has 2 aromatic carbocycles. The molecule has 4 rings (SSSR count). The van der Waals surface area contributed by atoms with Gasteiger partial charge in [0, 0.05) is 27.2 Å². The Morgan fingerprint density at radius 2 is 1.84 bits per heavy atom. The summed E-state index contributed by atoms with van der Waals surface area (Å²) in [6, 6.07) is 8.69. The van der Waals surface area contributed by atoms with Gasteiger partial charge >= 0.3 is 6.18 Å². The third-order valence-electron chi connectivity index (χ3n) is 4.98. The van der Waals surface area contributed by atoms with E-state index in [1.54, 1.807) is 24.3 Å². The normalized spacial score (nSPS) is 24.6. The summed E-state index contributed by atoms with van der Waals surface area (Å²) in [5, 5.41) is 4.27. The summed E-state index contributed by atoms with van der Waals surface area (Å²) < 4.78 is 40.5. The molecule has 1 nitrogen and oxygen atoms in total. The van der Waals surface area contributed by atoms with E-state index in [2.05, 4.69) is 5.32 Å². The largest absolute Gasteiger partial charge is 0.416 e. The number of anilines is 1. The van der Waals surface area contributed by atoms with Crippen molar-refractivity contribution in [3.05, 3.63) is 75.3 Å². The van der Waals surface area contributed by atoms with Gasteiger partial charge in [-0.3, -0.25) is 0 Å². The Kier molecular flexibility index (Phi) is 4.00. The first kappa shape index (κ1) is 16.8. The highest BCUT2D eigenvalue weighted by molar-refractivity contribution is 6.35. The van der Waals surface area contributed by atoms with Gasteiger partial charge in [0.1, 0.15) is 0 Å². The Bertz CT molecular complexity index is 860. The van der Waals surface area contributed by atoms with E-state index in [1.165, 1.54) is 6.07 Å². The molecule has 0 saturated carbocycles. The third kappa shape index (κ3) is 2.81. The number of fused-ring (bicyclic) bond motifs is 3. The lowest BCUT2D eigenvalue weighted by molar-refractivity contribution is -0.138. The maximum Gasteiger partial charge on any atom is 0.416 e. The van der Waals surface area contributed by atoms with Gasteiger partial charge in [-0.25, -0.2) is 0 Å². The van der Waals surface area contributed by atoms with E-state index in [0.717, 1.165) is 11.6 Å². The Labute approximate surface area is 153 Å². The highest BCUT2D eigenvalue weighted by Crippen LogP contribution is 2.53. The first-order valence-electron chi connectivity index (χ1n) is 7.94. The quantitative estimate of drug-likeness (QED) is 0.531. The topological polar surface area (TPSA) is 12.0 Å². The Hall–Kier alpha value is -1.65. The monoisotopic (exact) mass is 383 g/mol. The van der Waals surface area contributed by atoms with Crippen LogP contribution in [0, 0.1) is 5.92 Å². The molecule has 0 radical (unpaired) electrons. The highest BCUT2D eigenvalue weighted by atomic mass is 35.5. The molecule has 0 bridgehead atoms. The van der Waals surface area contributed by atoms with Gasteiger partial charge in [-0.05, 0) is 36.1 Å². The molecule has 1 aliphatic heterocycles. The average molecular weight is 384 g/mol. The molecule has 6 heteroatoms. The summed E-state index contributed by atoms with van der Waals surface area (Å²) in [6.45, 7) is 0. The maximum absolute atomic E-state index is 13.5. The standard InChI is InChI=1S/C19H14Cl2F3N/c20-10-8-15(21)17-11-5-3-6-12(11)18(25-16(17)9-10)13-4-1-2-7-14(13)19(22,23)24/h1-5,7-9,11-12,18,25H,6H2/t11-,12-,18+/m1/s1. The number of benzene rings is 2. The molecule has 0 unspecified atom stereocenters. The van der Waals surface area contributed by atoms with Crippen LogP contribution in [0.15, 0.2) is 48.6 Å². The minimum atomic E-state index is -4.40. The van der Waals surface area contributed by atoms with Crippen molar-refractivity contribution in [2.45, 2.75) is 24.6 Å². The molecule has 1 heterocycles. The van der Waals surface area contributed by atoms with Gasteiger partial charge in [-0.15, -0.1) is 0 Å². The van der Waals surface area contributed by atoms with Crippen molar-refractivity contribution >= 4 is 28.9 Å². The van der Waals surface area contributed by atoms with E-state index in [1.807, 2.05) is 12.2 Å². The first-order chi connectivity index (χ1) is 11.9. The molecule has 0 saturated heterocycles. The fourth-order valence-corrected chi connectivity index (χ4v) is 4.60. The van der Waals surface area contributed by atoms with Crippen LogP contribution in [0.4, 0.5) is 18.9 Å². The predicted molar refractivity (Wildman–Crippen MR) is 94.3 cm³/mol. The van der Waals surface area contributed by atoms with Gasteiger partial charge in [0.05, 0.1) is 11.6 Å². The number of hydrogen-bond acceptors (Lipinski definition) is 1. The van der Waals surface area contributed by atoms with E-state index in [-0.39, 0.29) is 17.4 Å². The molecular formula is C19H14Cl2F3N. The number of hydrogen-bond donors (Lipinski definition) is 1. The fourth-order valence-electron chi connectivity index (χ4n) is 3.98. The van der Waals surface area contributed by atoms with Crippen molar-refractivity contribution in [2.24, 2.45) is 5.92 Å². The van der Waals surface area contributed by atoms with Crippen LogP contribution < -0.4 is 5.32 Å². The van der Waals surface area contributed by atoms with Crippen molar-refractivity contribution < 1.29 is 13.2 Å². The smallest absolute Gasteiger partial charge is 0.378 e. The van der Waals surface area contributed by atoms with Crippen LogP contribution in [0.25, 0.3) is 0 Å². The summed E-state index contributed by atoms with van der Waals surface area (Å²) in [4.78, 5) is 0. The van der Waals surface area contributed by atoms with E-state index in [0.29, 0.717) is 22.2 Å². The Morgan fingerprint density at radius 1 is 1.08 bits per heavy atom. The second-order valence-corrected chi connectivity index (χ2v) is 7.25. The Morgan fingerprint density at radius 3 is 2.60 bits per heavy atom. The number of halogens is 5. The SMILES string of the molecule is FC(F)(F)c1ccccc1[C@H]1Nc2cc(Cl)cc(Cl)c2[C@@H]2C=CC[C@@H]12. The zero-order chi connectivity index (χ0) is 17.8.